The van der Waals surface area contributed by atoms with Gasteiger partial charge in [0.1, 0.15) is 0 Å². The average molecular weight is 418 g/mol. The van der Waals surface area contributed by atoms with Gasteiger partial charge in [0, 0.05) is 57.2 Å². The number of hydrogen-bond donors (Lipinski definition) is 1. The van der Waals surface area contributed by atoms with Crippen molar-refractivity contribution in [2.24, 2.45) is 0 Å². The zero-order valence-corrected chi connectivity index (χ0v) is 17.4. The van der Waals surface area contributed by atoms with Crippen molar-refractivity contribution in [1.82, 2.24) is 20.0 Å². The van der Waals surface area contributed by atoms with Crippen molar-refractivity contribution in [3.8, 4) is 0 Å². The second kappa shape index (κ2) is 9.93. The molecule has 0 radical (unpaired) electrons. The zero-order chi connectivity index (χ0) is 21.5. The Morgan fingerprint density at radius 1 is 0.903 bits per heavy atom. The Kier molecular flexibility index (Phi) is 6.62. The summed E-state index contributed by atoms with van der Waals surface area (Å²) in [7, 11) is 0. The molecule has 160 valence electrons. The van der Waals surface area contributed by atoms with Crippen molar-refractivity contribution in [1.29, 1.82) is 0 Å². The number of carbonyl (C=O) groups excluding carboxylic acids is 2. The van der Waals surface area contributed by atoms with Crippen LogP contribution < -0.4 is 10.2 Å². The second-order valence-electron chi connectivity index (χ2n) is 7.54. The first-order valence-electron chi connectivity index (χ1n) is 10.6. The topological polar surface area (TPSA) is 70.5 Å². The smallest absolute Gasteiger partial charge is 0.249 e. The molecule has 1 saturated heterocycles. The van der Waals surface area contributed by atoms with Crippen molar-refractivity contribution in [2.75, 3.05) is 37.6 Å². The van der Waals surface area contributed by atoms with Crippen molar-refractivity contribution in [2.45, 2.75) is 12.5 Å². The number of para-hydroxylation sites is 1. The van der Waals surface area contributed by atoms with Crippen LogP contribution in [0.25, 0.3) is 0 Å². The van der Waals surface area contributed by atoms with Crippen LogP contribution >= 0.6 is 0 Å². The molecule has 2 aromatic carbocycles. The highest BCUT2D eigenvalue weighted by molar-refractivity contribution is 5.84. The molecule has 7 nitrogen and oxygen atoms in total. The molecule has 4 rings (SSSR count). The molecule has 1 N–H and O–H groups in total. The molecule has 0 bridgehead atoms. The molecule has 2 amide bonds. The fraction of sp³-hybridized carbons (Fsp3) is 0.292. The minimum Gasteiger partial charge on any atom is -0.368 e. The summed E-state index contributed by atoms with van der Waals surface area (Å²) < 4.78 is 1.63. The maximum atomic E-state index is 12.9. The summed E-state index contributed by atoms with van der Waals surface area (Å²) in [4.78, 5) is 29.7. The van der Waals surface area contributed by atoms with E-state index in [2.05, 4.69) is 27.4 Å². The van der Waals surface area contributed by atoms with E-state index in [1.165, 1.54) is 5.69 Å². The normalized spacial score (nSPS) is 14.8. The molecule has 1 aliphatic heterocycles. The molecule has 31 heavy (non-hydrogen) atoms. The van der Waals surface area contributed by atoms with Crippen LogP contribution in [-0.2, 0) is 9.59 Å². The van der Waals surface area contributed by atoms with Gasteiger partial charge in [0.15, 0.2) is 6.04 Å². The molecule has 1 unspecified atom stereocenters. The first kappa shape index (κ1) is 20.7. The van der Waals surface area contributed by atoms with Gasteiger partial charge in [-0.15, -0.1) is 0 Å². The van der Waals surface area contributed by atoms with Gasteiger partial charge in [-0.05, 0) is 23.8 Å². The standard InChI is InChI=1S/C24H27N5O2/c30-22(28-18-16-27(17-19-28)21-10-5-2-6-11-21)12-14-25-24(31)23(29-15-7-13-26-29)20-8-3-1-4-9-20/h1-11,13,15,23H,12,14,16-19H2,(H,25,31). The highest BCUT2D eigenvalue weighted by Gasteiger charge is 2.24. The first-order chi connectivity index (χ1) is 15.2. The molecule has 0 saturated carbocycles. The van der Waals surface area contributed by atoms with Crippen LogP contribution in [0.5, 0.6) is 0 Å². The number of hydrogen-bond acceptors (Lipinski definition) is 4. The van der Waals surface area contributed by atoms with E-state index in [4.69, 9.17) is 0 Å². The number of amides is 2. The average Bonchev–Trinajstić information content (AvgIpc) is 3.35. The summed E-state index contributed by atoms with van der Waals surface area (Å²) in [5.41, 5.74) is 2.04. The Bertz CT molecular complexity index is 968. The Labute approximate surface area is 182 Å². The summed E-state index contributed by atoms with van der Waals surface area (Å²) in [5.74, 6) is -0.0973. The highest BCUT2D eigenvalue weighted by Crippen LogP contribution is 2.18. The van der Waals surface area contributed by atoms with Gasteiger partial charge >= 0.3 is 0 Å². The van der Waals surface area contributed by atoms with E-state index >= 15 is 0 Å². The lowest BCUT2D eigenvalue weighted by atomic mass is 10.1. The van der Waals surface area contributed by atoms with Gasteiger partial charge in [-0.2, -0.15) is 5.10 Å². The van der Waals surface area contributed by atoms with Crippen LogP contribution in [-0.4, -0.2) is 59.2 Å². The molecule has 1 atom stereocenters. The molecule has 1 fully saturated rings. The quantitative estimate of drug-likeness (QED) is 0.641. The van der Waals surface area contributed by atoms with Gasteiger partial charge < -0.3 is 15.1 Å². The number of rotatable bonds is 7. The number of nitrogens with one attached hydrogen (secondary N) is 1. The number of aromatic nitrogens is 2. The molecular weight excluding hydrogens is 390 g/mol. The zero-order valence-electron chi connectivity index (χ0n) is 17.4. The number of nitrogens with zero attached hydrogens (tertiary/aromatic N) is 4. The minimum atomic E-state index is -0.555. The summed E-state index contributed by atoms with van der Waals surface area (Å²) >= 11 is 0. The Hall–Kier alpha value is -3.61. The number of benzene rings is 2. The summed E-state index contributed by atoms with van der Waals surface area (Å²) in [5, 5.41) is 7.16. The third-order valence-electron chi connectivity index (χ3n) is 5.54. The van der Waals surface area contributed by atoms with Crippen LogP contribution in [0.15, 0.2) is 79.1 Å². The number of piperazine rings is 1. The molecule has 0 aliphatic carbocycles. The third-order valence-corrected chi connectivity index (χ3v) is 5.54. The van der Waals surface area contributed by atoms with E-state index in [-0.39, 0.29) is 18.2 Å². The van der Waals surface area contributed by atoms with E-state index in [0.717, 1.165) is 18.7 Å². The van der Waals surface area contributed by atoms with Gasteiger partial charge in [-0.1, -0.05) is 48.5 Å². The van der Waals surface area contributed by atoms with Gasteiger partial charge in [-0.25, -0.2) is 0 Å². The number of anilines is 1. The number of carbonyl (C=O) groups is 2. The lowest BCUT2D eigenvalue weighted by Gasteiger charge is -2.36. The lowest BCUT2D eigenvalue weighted by molar-refractivity contribution is -0.131. The predicted octanol–water partition coefficient (Wildman–Crippen LogP) is 2.33. The van der Waals surface area contributed by atoms with E-state index in [1.54, 1.807) is 23.1 Å². The van der Waals surface area contributed by atoms with Crippen LogP contribution in [0, 0.1) is 0 Å². The van der Waals surface area contributed by atoms with Crippen LogP contribution in [0.1, 0.15) is 18.0 Å². The van der Waals surface area contributed by atoms with Gasteiger partial charge in [-0.3, -0.25) is 14.3 Å². The van der Waals surface area contributed by atoms with Crippen LogP contribution in [0.4, 0.5) is 5.69 Å². The van der Waals surface area contributed by atoms with Crippen LogP contribution in [0.3, 0.4) is 0 Å². The molecular formula is C24H27N5O2. The van der Waals surface area contributed by atoms with E-state index in [0.29, 0.717) is 19.6 Å². The van der Waals surface area contributed by atoms with Crippen LogP contribution in [0.2, 0.25) is 0 Å². The monoisotopic (exact) mass is 417 g/mol. The molecule has 0 spiro atoms. The largest absolute Gasteiger partial charge is 0.368 e. The minimum absolute atomic E-state index is 0.0726. The molecule has 7 heteroatoms. The molecule has 1 aromatic heterocycles. The third kappa shape index (κ3) is 5.12. The maximum Gasteiger partial charge on any atom is 0.249 e. The fourth-order valence-electron chi connectivity index (χ4n) is 3.89. The SMILES string of the molecule is O=C(NCCC(=O)N1CCN(c2ccccc2)CC1)C(c1ccccc1)n1cccn1. The molecule has 3 aromatic rings. The predicted molar refractivity (Wildman–Crippen MR) is 120 cm³/mol. The summed E-state index contributed by atoms with van der Waals surface area (Å²) in [6, 6.07) is 21.0. The van der Waals surface area contributed by atoms with Crippen molar-refractivity contribution < 1.29 is 9.59 Å². The van der Waals surface area contributed by atoms with E-state index in [9.17, 15) is 9.59 Å². The lowest BCUT2D eigenvalue weighted by Crippen LogP contribution is -2.49. The van der Waals surface area contributed by atoms with Crippen molar-refractivity contribution in [3.05, 3.63) is 84.7 Å². The Morgan fingerprint density at radius 3 is 2.23 bits per heavy atom. The molecule has 1 aliphatic rings. The van der Waals surface area contributed by atoms with E-state index in [1.807, 2.05) is 53.4 Å². The highest BCUT2D eigenvalue weighted by atomic mass is 16.2. The summed E-state index contributed by atoms with van der Waals surface area (Å²) in [6.45, 7) is 3.33. The first-order valence-corrected chi connectivity index (χ1v) is 10.6. The Morgan fingerprint density at radius 2 is 1.58 bits per heavy atom. The fourth-order valence-corrected chi connectivity index (χ4v) is 3.89. The summed E-state index contributed by atoms with van der Waals surface area (Å²) in [6.07, 6.45) is 3.72. The van der Waals surface area contributed by atoms with Crippen molar-refractivity contribution in [3.63, 3.8) is 0 Å². The maximum absolute atomic E-state index is 12.9. The molecule has 2 heterocycles. The van der Waals surface area contributed by atoms with Gasteiger partial charge in [0.2, 0.25) is 11.8 Å². The Balaban J connectivity index is 1.27. The van der Waals surface area contributed by atoms with Gasteiger partial charge in [0.05, 0.1) is 0 Å². The van der Waals surface area contributed by atoms with Crippen molar-refractivity contribution >= 4 is 17.5 Å². The van der Waals surface area contributed by atoms with Gasteiger partial charge in [0.25, 0.3) is 0 Å². The second-order valence-corrected chi connectivity index (χ2v) is 7.54. The van der Waals surface area contributed by atoms with E-state index < -0.39 is 6.04 Å².